The monoisotopic (exact) mass is 288 g/mol. The third kappa shape index (κ3) is 3.49. The standard InChI is InChI=1S/C16H20N2O3/c1-10-13(11(2)19)9-17-16(18-10)8-12-5-6-14(20-3)15(7-12)21-4/h5-7,9,11,19H,8H2,1-4H3/t11-/m0/s1. The van der Waals surface area contributed by atoms with E-state index in [0.717, 1.165) is 16.8 Å². The van der Waals surface area contributed by atoms with E-state index in [0.29, 0.717) is 23.7 Å². The van der Waals surface area contributed by atoms with Gasteiger partial charge >= 0.3 is 0 Å². The van der Waals surface area contributed by atoms with E-state index >= 15 is 0 Å². The van der Waals surface area contributed by atoms with Crippen LogP contribution in [0, 0.1) is 6.92 Å². The molecule has 0 amide bonds. The Labute approximate surface area is 124 Å². The number of nitrogens with zero attached hydrogens (tertiary/aromatic N) is 2. The van der Waals surface area contributed by atoms with Crippen molar-refractivity contribution in [3.63, 3.8) is 0 Å². The normalized spacial score (nSPS) is 12.0. The lowest BCUT2D eigenvalue weighted by Gasteiger charge is -2.11. The summed E-state index contributed by atoms with van der Waals surface area (Å²) >= 11 is 0. The zero-order chi connectivity index (χ0) is 15.4. The van der Waals surface area contributed by atoms with E-state index in [1.807, 2.05) is 25.1 Å². The first-order valence-electron chi connectivity index (χ1n) is 6.76. The Hall–Kier alpha value is -2.14. The predicted octanol–water partition coefficient (Wildman–Crippen LogP) is 2.45. The van der Waals surface area contributed by atoms with Crippen molar-refractivity contribution in [1.82, 2.24) is 9.97 Å². The van der Waals surface area contributed by atoms with Crippen molar-refractivity contribution in [1.29, 1.82) is 0 Å². The van der Waals surface area contributed by atoms with Crippen LogP contribution in [0.4, 0.5) is 0 Å². The summed E-state index contributed by atoms with van der Waals surface area (Å²) in [5, 5.41) is 9.60. The van der Waals surface area contributed by atoms with Crippen molar-refractivity contribution in [3.8, 4) is 11.5 Å². The number of benzene rings is 1. The van der Waals surface area contributed by atoms with Gasteiger partial charge in [0, 0.05) is 23.9 Å². The van der Waals surface area contributed by atoms with E-state index in [2.05, 4.69) is 9.97 Å². The minimum absolute atomic E-state index is 0.555. The molecule has 0 saturated heterocycles. The summed E-state index contributed by atoms with van der Waals surface area (Å²) in [6.45, 7) is 3.58. The Bertz CT molecular complexity index is 627. The molecule has 21 heavy (non-hydrogen) atoms. The predicted molar refractivity (Wildman–Crippen MR) is 79.8 cm³/mol. The summed E-state index contributed by atoms with van der Waals surface area (Å²) < 4.78 is 10.5. The summed E-state index contributed by atoms with van der Waals surface area (Å²) in [5.41, 5.74) is 2.60. The first-order chi connectivity index (χ1) is 10.0. The topological polar surface area (TPSA) is 64.5 Å². The molecule has 1 N–H and O–H groups in total. The van der Waals surface area contributed by atoms with Crippen LogP contribution in [-0.4, -0.2) is 29.3 Å². The SMILES string of the molecule is COc1ccc(Cc2ncc([C@H](C)O)c(C)n2)cc1OC. The third-order valence-corrected chi connectivity index (χ3v) is 3.33. The molecular weight excluding hydrogens is 268 g/mol. The van der Waals surface area contributed by atoms with Crippen LogP contribution in [0.15, 0.2) is 24.4 Å². The number of hydrogen-bond donors (Lipinski definition) is 1. The Morgan fingerprint density at radius 1 is 1.19 bits per heavy atom. The maximum atomic E-state index is 9.60. The Morgan fingerprint density at radius 2 is 1.90 bits per heavy atom. The fraction of sp³-hybridized carbons (Fsp3) is 0.375. The van der Waals surface area contributed by atoms with Crippen molar-refractivity contribution in [3.05, 3.63) is 47.0 Å². The molecule has 0 fully saturated rings. The molecule has 1 aromatic heterocycles. The van der Waals surface area contributed by atoms with Gasteiger partial charge in [-0.05, 0) is 31.5 Å². The number of ether oxygens (including phenoxy) is 2. The Balaban J connectivity index is 2.24. The molecule has 1 aromatic carbocycles. The average molecular weight is 288 g/mol. The van der Waals surface area contributed by atoms with Crippen molar-refractivity contribution in [2.75, 3.05) is 14.2 Å². The lowest BCUT2D eigenvalue weighted by molar-refractivity contribution is 0.197. The number of aromatic nitrogens is 2. The van der Waals surface area contributed by atoms with Gasteiger partial charge < -0.3 is 14.6 Å². The molecule has 0 unspecified atom stereocenters. The van der Waals surface area contributed by atoms with Gasteiger partial charge in [-0.25, -0.2) is 9.97 Å². The van der Waals surface area contributed by atoms with Gasteiger partial charge in [-0.3, -0.25) is 0 Å². The maximum absolute atomic E-state index is 9.60. The molecule has 2 aromatic rings. The van der Waals surface area contributed by atoms with Gasteiger partial charge in [0.2, 0.25) is 0 Å². The molecule has 5 nitrogen and oxygen atoms in total. The molecule has 0 radical (unpaired) electrons. The second-order valence-corrected chi connectivity index (χ2v) is 4.87. The van der Waals surface area contributed by atoms with Crippen LogP contribution < -0.4 is 9.47 Å². The van der Waals surface area contributed by atoms with E-state index in [4.69, 9.17) is 9.47 Å². The highest BCUT2D eigenvalue weighted by Crippen LogP contribution is 2.28. The molecule has 0 aliphatic rings. The molecule has 0 aliphatic carbocycles. The lowest BCUT2D eigenvalue weighted by Crippen LogP contribution is -2.04. The van der Waals surface area contributed by atoms with Crippen LogP contribution in [0.2, 0.25) is 0 Å². The quantitative estimate of drug-likeness (QED) is 0.915. The van der Waals surface area contributed by atoms with Crippen molar-refractivity contribution in [2.24, 2.45) is 0 Å². The van der Waals surface area contributed by atoms with Crippen molar-refractivity contribution < 1.29 is 14.6 Å². The van der Waals surface area contributed by atoms with Crippen LogP contribution >= 0.6 is 0 Å². The largest absolute Gasteiger partial charge is 0.493 e. The second-order valence-electron chi connectivity index (χ2n) is 4.87. The molecule has 0 bridgehead atoms. The summed E-state index contributed by atoms with van der Waals surface area (Å²) in [7, 11) is 3.22. The minimum Gasteiger partial charge on any atom is -0.493 e. The zero-order valence-corrected chi connectivity index (χ0v) is 12.8. The molecule has 0 spiro atoms. The maximum Gasteiger partial charge on any atom is 0.161 e. The number of aryl methyl sites for hydroxylation is 1. The number of aliphatic hydroxyl groups is 1. The number of hydrogen-bond acceptors (Lipinski definition) is 5. The van der Waals surface area contributed by atoms with Gasteiger partial charge in [-0.1, -0.05) is 6.07 Å². The van der Waals surface area contributed by atoms with Crippen molar-refractivity contribution in [2.45, 2.75) is 26.4 Å². The first kappa shape index (κ1) is 15.3. The molecular formula is C16H20N2O3. The van der Waals surface area contributed by atoms with E-state index < -0.39 is 6.10 Å². The minimum atomic E-state index is -0.555. The third-order valence-electron chi connectivity index (χ3n) is 3.33. The smallest absolute Gasteiger partial charge is 0.161 e. The van der Waals surface area contributed by atoms with Gasteiger partial charge in [0.15, 0.2) is 11.5 Å². The van der Waals surface area contributed by atoms with Crippen LogP contribution in [0.25, 0.3) is 0 Å². The van der Waals surface area contributed by atoms with E-state index in [1.165, 1.54) is 0 Å². The Morgan fingerprint density at radius 3 is 2.48 bits per heavy atom. The van der Waals surface area contributed by atoms with Crippen LogP contribution in [-0.2, 0) is 6.42 Å². The molecule has 1 heterocycles. The van der Waals surface area contributed by atoms with E-state index in [9.17, 15) is 5.11 Å². The number of rotatable bonds is 5. The fourth-order valence-corrected chi connectivity index (χ4v) is 2.19. The molecule has 2 rings (SSSR count). The van der Waals surface area contributed by atoms with E-state index in [-0.39, 0.29) is 0 Å². The highest BCUT2D eigenvalue weighted by molar-refractivity contribution is 5.43. The second kappa shape index (κ2) is 6.54. The lowest BCUT2D eigenvalue weighted by atomic mass is 10.1. The molecule has 0 aliphatic heterocycles. The molecule has 5 heteroatoms. The molecule has 112 valence electrons. The Kier molecular flexibility index (Phi) is 4.75. The summed E-state index contributed by atoms with van der Waals surface area (Å²) in [6.07, 6.45) is 1.73. The summed E-state index contributed by atoms with van der Waals surface area (Å²) in [4.78, 5) is 8.76. The zero-order valence-electron chi connectivity index (χ0n) is 12.8. The van der Waals surface area contributed by atoms with E-state index in [1.54, 1.807) is 27.3 Å². The summed E-state index contributed by atoms with van der Waals surface area (Å²) in [6, 6.07) is 5.74. The van der Waals surface area contributed by atoms with Crippen LogP contribution in [0.5, 0.6) is 11.5 Å². The number of aliphatic hydroxyl groups excluding tert-OH is 1. The fourth-order valence-electron chi connectivity index (χ4n) is 2.19. The van der Waals surface area contributed by atoms with Gasteiger partial charge in [0.1, 0.15) is 5.82 Å². The van der Waals surface area contributed by atoms with Gasteiger partial charge in [0.25, 0.3) is 0 Å². The number of methoxy groups -OCH3 is 2. The van der Waals surface area contributed by atoms with Gasteiger partial charge in [-0.2, -0.15) is 0 Å². The molecule has 0 saturated carbocycles. The van der Waals surface area contributed by atoms with Crippen molar-refractivity contribution >= 4 is 0 Å². The van der Waals surface area contributed by atoms with Gasteiger partial charge in [-0.15, -0.1) is 0 Å². The average Bonchev–Trinajstić information content (AvgIpc) is 2.46. The highest BCUT2D eigenvalue weighted by atomic mass is 16.5. The van der Waals surface area contributed by atoms with Crippen LogP contribution in [0.3, 0.4) is 0 Å². The highest BCUT2D eigenvalue weighted by Gasteiger charge is 2.10. The van der Waals surface area contributed by atoms with Crippen LogP contribution in [0.1, 0.15) is 35.7 Å². The van der Waals surface area contributed by atoms with Gasteiger partial charge in [0.05, 0.1) is 20.3 Å². The first-order valence-corrected chi connectivity index (χ1v) is 6.76. The summed E-state index contributed by atoms with van der Waals surface area (Å²) in [5.74, 6) is 2.10. The molecule has 1 atom stereocenters.